The second-order valence-electron chi connectivity index (χ2n) is 9.19. The summed E-state index contributed by atoms with van der Waals surface area (Å²) in [6.07, 6.45) is 9.11. The number of furan rings is 1. The number of aromatic nitrogens is 1. The fourth-order valence-electron chi connectivity index (χ4n) is 5.55. The molecule has 1 aliphatic carbocycles. The second-order valence-corrected chi connectivity index (χ2v) is 9.19. The molecule has 2 aromatic heterocycles. The summed E-state index contributed by atoms with van der Waals surface area (Å²) >= 11 is 0. The molecule has 0 aliphatic heterocycles. The Labute approximate surface area is 183 Å². The molecule has 2 heterocycles. The molecule has 2 nitrogen and oxygen atoms in total. The number of nitrogens with zero attached hydrogens (tertiary/aromatic N) is 1. The fourth-order valence-corrected chi connectivity index (χ4v) is 5.55. The Morgan fingerprint density at radius 3 is 2.39 bits per heavy atom. The molecular weight excluding hydrogens is 378 g/mol. The first kappa shape index (κ1) is 18.6. The van der Waals surface area contributed by atoms with E-state index in [2.05, 4.69) is 85.4 Å². The molecule has 1 aliphatic rings. The Morgan fingerprint density at radius 1 is 0.774 bits per heavy atom. The van der Waals surface area contributed by atoms with Crippen molar-refractivity contribution in [3.05, 3.63) is 78.0 Å². The number of hydrogen-bond acceptors (Lipinski definition) is 1. The van der Waals surface area contributed by atoms with Gasteiger partial charge in [0.15, 0.2) is 6.20 Å². The molecule has 1 saturated carbocycles. The lowest BCUT2D eigenvalue weighted by molar-refractivity contribution is -0.660. The van der Waals surface area contributed by atoms with Crippen LogP contribution in [0.25, 0.3) is 44.0 Å². The van der Waals surface area contributed by atoms with E-state index in [1.54, 1.807) is 0 Å². The van der Waals surface area contributed by atoms with Crippen molar-refractivity contribution < 1.29 is 8.98 Å². The van der Waals surface area contributed by atoms with Crippen LogP contribution in [0.2, 0.25) is 0 Å². The summed E-state index contributed by atoms with van der Waals surface area (Å²) in [5.74, 6) is 0.712. The zero-order valence-electron chi connectivity index (χ0n) is 18.3. The van der Waals surface area contributed by atoms with E-state index in [9.17, 15) is 0 Å². The number of benzene rings is 3. The van der Waals surface area contributed by atoms with Crippen LogP contribution in [0.3, 0.4) is 0 Å². The fraction of sp³-hybridized carbons (Fsp3) is 0.276. The lowest BCUT2D eigenvalue weighted by Crippen LogP contribution is -2.32. The van der Waals surface area contributed by atoms with Crippen LogP contribution < -0.4 is 4.57 Å². The van der Waals surface area contributed by atoms with E-state index in [0.29, 0.717) is 5.92 Å². The highest BCUT2D eigenvalue weighted by Gasteiger charge is 2.23. The van der Waals surface area contributed by atoms with E-state index in [-0.39, 0.29) is 0 Å². The number of rotatable bonds is 2. The maximum atomic E-state index is 6.62. The molecule has 0 bridgehead atoms. The predicted molar refractivity (Wildman–Crippen MR) is 128 cm³/mol. The SMILES string of the molecule is Cc1ccc2c(oc3c4ccccc4ccc23)c1-c1ccc(C2CCCCC2)c[n+]1C. The number of pyridine rings is 1. The zero-order chi connectivity index (χ0) is 20.9. The molecule has 0 amide bonds. The van der Waals surface area contributed by atoms with Crippen LogP contribution in [0.5, 0.6) is 0 Å². The number of fused-ring (bicyclic) bond motifs is 5. The average molecular weight is 407 g/mol. The van der Waals surface area contributed by atoms with Crippen molar-refractivity contribution in [3.8, 4) is 11.3 Å². The predicted octanol–water partition coefficient (Wildman–Crippen LogP) is 7.59. The van der Waals surface area contributed by atoms with Gasteiger partial charge in [-0.25, -0.2) is 4.57 Å². The van der Waals surface area contributed by atoms with Gasteiger partial charge in [0.25, 0.3) is 0 Å². The van der Waals surface area contributed by atoms with E-state index in [1.165, 1.54) is 76.0 Å². The van der Waals surface area contributed by atoms with E-state index in [4.69, 9.17) is 4.42 Å². The Hall–Kier alpha value is -3.13. The topological polar surface area (TPSA) is 17.0 Å². The standard InChI is InChI=1S/C29H28NO/c1-19-12-15-25-24-16-13-21-10-6-7-11-23(21)28(24)31-29(25)27(19)26-17-14-22(18-30(26)2)20-8-4-3-5-9-20/h6-7,10-18,20H,3-5,8-9H2,1-2H3/q+1. The molecule has 0 saturated heterocycles. The second kappa shape index (κ2) is 7.23. The average Bonchev–Trinajstić information content (AvgIpc) is 3.19. The van der Waals surface area contributed by atoms with Gasteiger partial charge in [0.05, 0.1) is 5.56 Å². The van der Waals surface area contributed by atoms with E-state index in [0.717, 1.165) is 11.2 Å². The summed E-state index contributed by atoms with van der Waals surface area (Å²) < 4.78 is 8.92. The molecule has 1 fully saturated rings. The largest absolute Gasteiger partial charge is 0.454 e. The monoisotopic (exact) mass is 406 g/mol. The van der Waals surface area contributed by atoms with Crippen LogP contribution >= 0.6 is 0 Å². The van der Waals surface area contributed by atoms with Gasteiger partial charge in [-0.2, -0.15) is 0 Å². The quantitative estimate of drug-likeness (QED) is 0.276. The summed E-state index contributed by atoms with van der Waals surface area (Å²) in [4.78, 5) is 0. The van der Waals surface area contributed by atoms with Crippen LogP contribution in [0, 0.1) is 6.92 Å². The highest BCUT2D eigenvalue weighted by Crippen LogP contribution is 2.40. The first-order chi connectivity index (χ1) is 15.2. The molecular formula is C29H28NO+. The first-order valence-corrected chi connectivity index (χ1v) is 11.5. The molecule has 0 N–H and O–H groups in total. The summed E-state index contributed by atoms with van der Waals surface area (Å²) in [6.45, 7) is 2.19. The van der Waals surface area contributed by atoms with E-state index < -0.39 is 0 Å². The third-order valence-electron chi connectivity index (χ3n) is 7.23. The molecule has 6 rings (SSSR count). The molecule has 0 unspecified atom stereocenters. The maximum absolute atomic E-state index is 6.62. The molecule has 0 atom stereocenters. The third-order valence-corrected chi connectivity index (χ3v) is 7.23. The van der Waals surface area contributed by atoms with Crippen molar-refractivity contribution in [3.63, 3.8) is 0 Å². The van der Waals surface area contributed by atoms with Gasteiger partial charge in [-0.15, -0.1) is 0 Å². The van der Waals surface area contributed by atoms with Crippen LogP contribution in [-0.2, 0) is 7.05 Å². The molecule has 5 aromatic rings. The highest BCUT2D eigenvalue weighted by molar-refractivity contribution is 6.17. The summed E-state index contributed by atoms with van der Waals surface area (Å²) in [5, 5.41) is 4.78. The molecule has 0 spiro atoms. The van der Waals surface area contributed by atoms with Gasteiger partial charge < -0.3 is 4.42 Å². The molecule has 154 valence electrons. The Kier molecular flexibility index (Phi) is 4.34. The number of aryl methyl sites for hydroxylation is 2. The highest BCUT2D eigenvalue weighted by atomic mass is 16.3. The third kappa shape index (κ3) is 2.96. The van der Waals surface area contributed by atoms with E-state index >= 15 is 0 Å². The summed E-state index contributed by atoms with van der Waals surface area (Å²) in [5.41, 5.74) is 7.12. The van der Waals surface area contributed by atoms with Crippen molar-refractivity contribution in [2.45, 2.75) is 44.9 Å². The van der Waals surface area contributed by atoms with Crippen molar-refractivity contribution in [2.75, 3.05) is 0 Å². The molecule has 31 heavy (non-hydrogen) atoms. The van der Waals surface area contributed by atoms with Gasteiger partial charge in [-0.05, 0) is 48.8 Å². The Morgan fingerprint density at radius 2 is 1.55 bits per heavy atom. The van der Waals surface area contributed by atoms with Crippen LogP contribution in [0.4, 0.5) is 0 Å². The van der Waals surface area contributed by atoms with E-state index in [1.807, 2.05) is 0 Å². The zero-order valence-corrected chi connectivity index (χ0v) is 18.3. The van der Waals surface area contributed by atoms with Gasteiger partial charge in [0.1, 0.15) is 18.2 Å². The Bertz CT molecular complexity index is 1440. The van der Waals surface area contributed by atoms with Crippen molar-refractivity contribution in [1.82, 2.24) is 0 Å². The van der Waals surface area contributed by atoms with Gasteiger partial charge in [0.2, 0.25) is 5.69 Å². The minimum absolute atomic E-state index is 0.712. The van der Waals surface area contributed by atoms with Crippen LogP contribution in [0.1, 0.15) is 49.1 Å². The normalized spacial score (nSPS) is 15.3. The minimum atomic E-state index is 0.712. The maximum Gasteiger partial charge on any atom is 0.216 e. The van der Waals surface area contributed by atoms with Gasteiger partial charge >= 0.3 is 0 Å². The van der Waals surface area contributed by atoms with Crippen molar-refractivity contribution >= 4 is 32.7 Å². The summed E-state index contributed by atoms with van der Waals surface area (Å²) in [7, 11) is 2.18. The summed E-state index contributed by atoms with van der Waals surface area (Å²) in [6, 6.07) is 22.0. The first-order valence-electron chi connectivity index (χ1n) is 11.5. The molecule has 3 aromatic carbocycles. The lowest BCUT2D eigenvalue weighted by atomic mass is 9.84. The van der Waals surface area contributed by atoms with Crippen molar-refractivity contribution in [1.29, 1.82) is 0 Å². The Balaban J connectivity index is 1.57. The van der Waals surface area contributed by atoms with Gasteiger partial charge in [-0.1, -0.05) is 61.7 Å². The number of hydrogen-bond donors (Lipinski definition) is 0. The molecule has 2 heteroatoms. The van der Waals surface area contributed by atoms with Crippen LogP contribution in [0.15, 0.2) is 71.3 Å². The van der Waals surface area contributed by atoms with Gasteiger partial charge in [0, 0.05) is 27.8 Å². The van der Waals surface area contributed by atoms with Crippen molar-refractivity contribution in [2.24, 2.45) is 7.05 Å². The minimum Gasteiger partial charge on any atom is -0.454 e. The van der Waals surface area contributed by atoms with Gasteiger partial charge in [-0.3, -0.25) is 0 Å². The molecule has 0 radical (unpaired) electrons. The lowest BCUT2D eigenvalue weighted by Gasteiger charge is -2.21. The van der Waals surface area contributed by atoms with Crippen LogP contribution in [-0.4, -0.2) is 0 Å². The smallest absolute Gasteiger partial charge is 0.216 e.